The Hall–Kier alpha value is -3.21. The molecule has 0 spiro atoms. The molecule has 0 heterocycles. The Bertz CT molecular complexity index is 1220. The molecule has 0 rings (SSSR count). The van der Waals surface area contributed by atoms with Crippen LogP contribution >= 0.6 is 0 Å². The number of nitrogens with zero attached hydrogens (tertiary/aromatic N) is 3. The third-order valence-electron chi connectivity index (χ3n) is 10.7. The summed E-state index contributed by atoms with van der Waals surface area (Å²) in [7, 11) is 0. The molecule has 354 valence electrons. The Balaban J connectivity index is 5.71. The Morgan fingerprint density at radius 1 is 0.459 bits per heavy atom. The number of carbonyl (C=O) groups excluding carboxylic acids is 5. The highest BCUT2D eigenvalue weighted by molar-refractivity contribution is 5.83. The van der Waals surface area contributed by atoms with Crippen molar-refractivity contribution in [3.05, 3.63) is 24.3 Å². The summed E-state index contributed by atoms with van der Waals surface area (Å²) in [5.74, 6) is -0.182. The zero-order valence-electron chi connectivity index (χ0n) is 38.5. The van der Waals surface area contributed by atoms with Crippen molar-refractivity contribution in [3.8, 4) is 0 Å². The van der Waals surface area contributed by atoms with Crippen LogP contribution in [0.1, 0.15) is 155 Å². The van der Waals surface area contributed by atoms with Gasteiger partial charge in [0.15, 0.2) is 0 Å². The van der Waals surface area contributed by atoms with Crippen LogP contribution in [0.3, 0.4) is 0 Å². The summed E-state index contributed by atoms with van der Waals surface area (Å²) in [5.41, 5.74) is 36.2. The van der Waals surface area contributed by atoms with E-state index in [0.29, 0.717) is 149 Å². The van der Waals surface area contributed by atoms with Crippen LogP contribution in [-0.2, 0) is 24.0 Å². The lowest BCUT2D eigenvalue weighted by atomic mass is 10.1. The summed E-state index contributed by atoms with van der Waals surface area (Å²) in [5, 5.41) is 2.96. The topological polar surface area (TPSA) is 263 Å². The van der Waals surface area contributed by atoms with Gasteiger partial charge in [-0.05, 0) is 122 Å². The van der Waals surface area contributed by atoms with Gasteiger partial charge in [0, 0.05) is 65.1 Å². The van der Waals surface area contributed by atoms with Gasteiger partial charge in [0.1, 0.15) is 5.78 Å². The van der Waals surface area contributed by atoms with Crippen molar-refractivity contribution in [2.75, 3.05) is 65.4 Å². The number of nitrogens with one attached hydrogen (secondary N) is 1. The fourth-order valence-corrected chi connectivity index (χ4v) is 7.02. The first-order valence-electron chi connectivity index (χ1n) is 23.8. The number of rotatable bonds is 41. The van der Waals surface area contributed by atoms with E-state index in [0.717, 1.165) is 57.8 Å². The van der Waals surface area contributed by atoms with E-state index in [9.17, 15) is 24.0 Å². The fraction of sp³-hybridized carbons (Fsp3) is 0.804. The molecule has 0 saturated heterocycles. The van der Waals surface area contributed by atoms with Crippen LogP contribution in [0.4, 0.5) is 0 Å². The highest BCUT2D eigenvalue weighted by Gasteiger charge is 2.25. The molecule has 3 atom stereocenters. The molecule has 4 amide bonds. The molecule has 0 fully saturated rings. The number of hydrogen-bond acceptors (Lipinski definition) is 11. The minimum absolute atomic E-state index is 0.0148. The van der Waals surface area contributed by atoms with Crippen LogP contribution < -0.4 is 39.7 Å². The summed E-state index contributed by atoms with van der Waals surface area (Å²) in [6.45, 7) is 8.86. The van der Waals surface area contributed by atoms with Gasteiger partial charge in [0.25, 0.3) is 0 Å². The van der Waals surface area contributed by atoms with Gasteiger partial charge in [0.2, 0.25) is 23.6 Å². The smallest absolute Gasteiger partial charge is 0.239 e. The zero-order valence-corrected chi connectivity index (χ0v) is 38.5. The Kier molecular flexibility index (Phi) is 37.5. The second-order valence-electron chi connectivity index (χ2n) is 16.2. The predicted octanol–water partition coefficient (Wildman–Crippen LogP) is 3.75. The first-order chi connectivity index (χ1) is 29.5. The molecule has 0 radical (unpaired) electrons. The molecule has 0 bridgehead atoms. The van der Waals surface area contributed by atoms with E-state index in [2.05, 4.69) is 25.2 Å². The highest BCUT2D eigenvalue weighted by Crippen LogP contribution is 2.12. The monoisotopic (exact) mass is 863 g/mol. The Labute approximate surface area is 369 Å². The van der Waals surface area contributed by atoms with Crippen molar-refractivity contribution in [2.24, 2.45) is 34.4 Å². The van der Waals surface area contributed by atoms with E-state index >= 15 is 0 Å². The first kappa shape index (κ1) is 57.8. The number of hydrogen-bond donors (Lipinski definition) is 7. The second-order valence-corrected chi connectivity index (χ2v) is 16.2. The third kappa shape index (κ3) is 30.5. The van der Waals surface area contributed by atoms with Gasteiger partial charge in [-0.25, -0.2) is 0 Å². The zero-order chi connectivity index (χ0) is 45.5. The molecule has 0 aromatic rings. The Morgan fingerprint density at radius 2 is 0.836 bits per heavy atom. The van der Waals surface area contributed by atoms with Gasteiger partial charge in [0.05, 0.1) is 18.1 Å². The molecule has 0 aromatic carbocycles. The van der Waals surface area contributed by atoms with Crippen molar-refractivity contribution in [1.29, 1.82) is 0 Å². The quantitative estimate of drug-likeness (QED) is 0.0344. The molecule has 0 saturated carbocycles. The summed E-state index contributed by atoms with van der Waals surface area (Å²) in [4.78, 5) is 71.0. The van der Waals surface area contributed by atoms with Crippen LogP contribution in [0, 0.1) is 0 Å². The van der Waals surface area contributed by atoms with Crippen molar-refractivity contribution >= 4 is 29.4 Å². The standard InChI is InChI=1S/C46H90N10O5/c1-3-5-7-9-23-39(57)24-14-18-33-55(45(60)41(51)26-12-16-30-48)37-22-38-56(46(61)42(52)27-13-17-31-49)35-20-19-34-54(44(59)40(50)25-11-15-29-47)36-21-32-53-43(58)28-10-8-6-4-2/h5-8,40-42H,3-4,9-38,47-52H2,1-2H3,(H,53,58)/b7-5-,8-6-/t40-,41-,42-/m1/s1. The van der Waals surface area contributed by atoms with E-state index in [1.165, 1.54) is 0 Å². The van der Waals surface area contributed by atoms with E-state index in [4.69, 9.17) is 34.4 Å². The first-order valence-corrected chi connectivity index (χ1v) is 23.8. The number of nitrogens with two attached hydrogens (primary N) is 6. The second kappa shape index (κ2) is 39.6. The maximum Gasteiger partial charge on any atom is 0.239 e. The van der Waals surface area contributed by atoms with Gasteiger partial charge < -0.3 is 54.4 Å². The molecule has 15 heteroatoms. The van der Waals surface area contributed by atoms with Gasteiger partial charge in [-0.3, -0.25) is 24.0 Å². The summed E-state index contributed by atoms with van der Waals surface area (Å²) < 4.78 is 0. The Morgan fingerprint density at radius 3 is 1.25 bits per heavy atom. The van der Waals surface area contributed by atoms with Crippen molar-refractivity contribution in [2.45, 2.75) is 173 Å². The molecule has 15 nitrogen and oxygen atoms in total. The minimum atomic E-state index is -0.669. The lowest BCUT2D eigenvalue weighted by Crippen LogP contribution is -2.47. The minimum Gasteiger partial charge on any atom is -0.356 e. The third-order valence-corrected chi connectivity index (χ3v) is 10.7. The number of ketones is 1. The SMILES string of the molecule is CC/C=C\CCC(=O)CCCCN(CCCN(CCCCN(CCCNC(=O)CC/C=C\CC)C(=O)[C@H](N)CCCCN)C(=O)[C@H](N)CCCCN)C(=O)[C@H](N)CCCCN. The molecular weight excluding hydrogens is 773 g/mol. The van der Waals surface area contributed by atoms with Crippen LogP contribution in [0.25, 0.3) is 0 Å². The van der Waals surface area contributed by atoms with Gasteiger partial charge in [-0.15, -0.1) is 0 Å². The molecule has 0 aliphatic carbocycles. The van der Waals surface area contributed by atoms with Crippen LogP contribution in [0.2, 0.25) is 0 Å². The van der Waals surface area contributed by atoms with Crippen molar-refractivity contribution in [1.82, 2.24) is 20.0 Å². The van der Waals surface area contributed by atoms with Gasteiger partial charge >= 0.3 is 0 Å². The highest BCUT2D eigenvalue weighted by atomic mass is 16.2. The molecular formula is C46H90N10O5. The predicted molar refractivity (Wildman–Crippen MR) is 250 cm³/mol. The lowest BCUT2D eigenvalue weighted by molar-refractivity contribution is -0.135. The average molecular weight is 863 g/mol. The number of carbonyl (C=O) groups is 5. The van der Waals surface area contributed by atoms with Gasteiger partial charge in [-0.2, -0.15) is 0 Å². The number of allylic oxidation sites excluding steroid dienone is 4. The van der Waals surface area contributed by atoms with Crippen LogP contribution in [0.5, 0.6) is 0 Å². The van der Waals surface area contributed by atoms with Crippen molar-refractivity contribution in [3.63, 3.8) is 0 Å². The number of unbranched alkanes of at least 4 members (excludes halogenated alkanes) is 5. The lowest BCUT2D eigenvalue weighted by Gasteiger charge is -2.30. The van der Waals surface area contributed by atoms with Gasteiger partial charge in [-0.1, -0.05) is 57.4 Å². The van der Waals surface area contributed by atoms with E-state index < -0.39 is 18.1 Å². The van der Waals surface area contributed by atoms with E-state index in [1.807, 2.05) is 18.2 Å². The van der Waals surface area contributed by atoms with E-state index in [-0.39, 0.29) is 29.4 Å². The average Bonchev–Trinajstić information content (AvgIpc) is 3.25. The fourth-order valence-electron chi connectivity index (χ4n) is 7.02. The summed E-state index contributed by atoms with van der Waals surface area (Å²) >= 11 is 0. The molecule has 0 aromatic heterocycles. The molecule has 0 unspecified atom stereocenters. The summed E-state index contributed by atoms with van der Waals surface area (Å²) in [6.07, 6.45) is 23.0. The van der Waals surface area contributed by atoms with E-state index in [1.54, 1.807) is 14.7 Å². The molecule has 0 aliphatic rings. The van der Waals surface area contributed by atoms with Crippen molar-refractivity contribution < 1.29 is 24.0 Å². The normalized spacial score (nSPS) is 13.0. The largest absolute Gasteiger partial charge is 0.356 e. The number of Topliss-reactive ketones (excluding diaryl/α,β-unsaturated/α-hetero) is 1. The summed E-state index contributed by atoms with van der Waals surface area (Å²) in [6, 6.07) is -1.95. The van der Waals surface area contributed by atoms with Crippen LogP contribution in [-0.4, -0.2) is 128 Å². The molecule has 61 heavy (non-hydrogen) atoms. The number of amides is 4. The molecule has 0 aliphatic heterocycles. The maximum absolute atomic E-state index is 13.8. The van der Waals surface area contributed by atoms with Crippen LogP contribution in [0.15, 0.2) is 24.3 Å². The maximum atomic E-state index is 13.8. The molecule has 13 N–H and O–H groups in total.